The predicted octanol–water partition coefficient (Wildman–Crippen LogP) is 4.98. The van der Waals surface area contributed by atoms with E-state index in [-0.39, 0.29) is 11.6 Å². The van der Waals surface area contributed by atoms with Crippen LogP contribution in [0.4, 0.5) is 10.2 Å². The summed E-state index contributed by atoms with van der Waals surface area (Å²) in [7, 11) is 0. The average molecular weight is 335 g/mol. The molecule has 0 atom stereocenters. The Kier molecular flexibility index (Phi) is 4.26. The van der Waals surface area contributed by atoms with E-state index in [1.165, 1.54) is 17.7 Å². The Labute approximate surface area is 146 Å². The molecule has 1 aliphatic heterocycles. The van der Waals surface area contributed by atoms with E-state index in [0.717, 1.165) is 43.7 Å². The van der Waals surface area contributed by atoms with E-state index in [1.54, 1.807) is 12.1 Å². The molecule has 0 N–H and O–H groups in total. The normalized spacial score (nSPS) is 15.6. The van der Waals surface area contributed by atoms with Crippen LogP contribution in [0.1, 0.15) is 18.4 Å². The fourth-order valence-corrected chi connectivity index (χ4v) is 3.61. The van der Waals surface area contributed by atoms with Gasteiger partial charge in [-0.2, -0.15) is 0 Å². The molecule has 1 aliphatic rings. The monoisotopic (exact) mass is 335 g/mol. The minimum atomic E-state index is -0.179. The zero-order valence-corrected chi connectivity index (χ0v) is 14.0. The zero-order chi connectivity index (χ0) is 17.2. The van der Waals surface area contributed by atoms with Gasteiger partial charge in [0.2, 0.25) is 0 Å². The maximum absolute atomic E-state index is 13.0. The number of nitrogens with zero attached hydrogens (tertiary/aromatic N) is 2. The quantitative estimate of drug-likeness (QED) is 0.677. The van der Waals surface area contributed by atoms with Crippen molar-refractivity contribution in [2.75, 3.05) is 18.0 Å². The number of halogens is 1. The first-order chi connectivity index (χ1) is 12.2. The Balaban J connectivity index is 1.42. The molecule has 4 rings (SSSR count). The summed E-state index contributed by atoms with van der Waals surface area (Å²) in [5, 5.41) is 12.5. The third-order valence-electron chi connectivity index (χ3n) is 5.05. The fourth-order valence-electron chi connectivity index (χ4n) is 3.61. The third-order valence-corrected chi connectivity index (χ3v) is 5.05. The van der Waals surface area contributed by atoms with Crippen molar-refractivity contribution in [3.63, 3.8) is 0 Å². The highest BCUT2D eigenvalue weighted by molar-refractivity contribution is 5.86. The van der Waals surface area contributed by atoms with Crippen molar-refractivity contribution in [1.29, 1.82) is 0 Å². The molecule has 0 bridgehead atoms. The van der Waals surface area contributed by atoms with Crippen LogP contribution >= 0.6 is 0 Å². The van der Waals surface area contributed by atoms with Gasteiger partial charge in [-0.15, -0.1) is 0 Å². The molecule has 1 fully saturated rings. The molecule has 1 aromatic heterocycles. The van der Waals surface area contributed by atoms with Crippen LogP contribution in [0, 0.1) is 11.7 Å². The number of fused-ring (bicyclic) bond motifs is 1. The lowest BCUT2D eigenvalue weighted by Crippen LogP contribution is -2.34. The van der Waals surface area contributed by atoms with Crippen molar-refractivity contribution in [3.05, 3.63) is 66.0 Å². The van der Waals surface area contributed by atoms with Gasteiger partial charge in [0.05, 0.1) is 5.52 Å². The Morgan fingerprint density at radius 3 is 2.52 bits per heavy atom. The molecule has 0 amide bonds. The number of hydrogen-bond donors (Lipinski definition) is 0. The second kappa shape index (κ2) is 6.71. The molecular weight excluding hydrogens is 315 g/mol. The first-order valence-corrected chi connectivity index (χ1v) is 8.75. The van der Waals surface area contributed by atoms with Crippen molar-refractivity contribution in [2.24, 2.45) is 5.92 Å². The Morgan fingerprint density at radius 1 is 1.00 bits per heavy atom. The number of aromatic nitrogens is 1. The van der Waals surface area contributed by atoms with E-state index in [1.807, 2.05) is 30.3 Å². The highest BCUT2D eigenvalue weighted by atomic mass is 19.1. The van der Waals surface area contributed by atoms with Gasteiger partial charge in [-0.1, -0.05) is 18.2 Å². The molecule has 25 heavy (non-hydrogen) atoms. The van der Waals surface area contributed by atoms with Crippen LogP contribution in [0.5, 0.6) is 5.75 Å². The largest absolute Gasteiger partial charge is 0.357 e. The first kappa shape index (κ1) is 15.9. The summed E-state index contributed by atoms with van der Waals surface area (Å²) in [6.07, 6.45) is 3.19. The van der Waals surface area contributed by atoms with Gasteiger partial charge in [-0.3, -0.25) is 5.11 Å². The molecule has 127 valence electrons. The summed E-state index contributed by atoms with van der Waals surface area (Å²) >= 11 is 0. The maximum atomic E-state index is 13.0. The van der Waals surface area contributed by atoms with Crippen molar-refractivity contribution >= 4 is 16.7 Å². The standard InChI is InChI=1S/C21H20FN2O/c22-17-6-4-15(5-7-17)14-16-10-12-24(13-11-16)21-9-8-18-19(23-21)2-1-3-20(18)25/h1-9,16H,10-14H2. The second-order valence-corrected chi connectivity index (χ2v) is 6.75. The zero-order valence-electron chi connectivity index (χ0n) is 14.0. The molecule has 1 radical (unpaired) electrons. The highest BCUT2D eigenvalue weighted by Crippen LogP contribution is 2.29. The minimum absolute atomic E-state index is 0.0227. The van der Waals surface area contributed by atoms with Gasteiger partial charge < -0.3 is 4.90 Å². The Bertz CT molecular complexity index is 871. The third kappa shape index (κ3) is 3.43. The highest BCUT2D eigenvalue weighted by Gasteiger charge is 2.20. The average Bonchev–Trinajstić information content (AvgIpc) is 2.64. The Hall–Kier alpha value is -2.62. The van der Waals surface area contributed by atoms with Crippen LogP contribution in [-0.4, -0.2) is 18.1 Å². The minimum Gasteiger partial charge on any atom is -0.357 e. The van der Waals surface area contributed by atoms with Crippen LogP contribution in [0.2, 0.25) is 0 Å². The van der Waals surface area contributed by atoms with Crippen LogP contribution in [0.3, 0.4) is 0 Å². The van der Waals surface area contributed by atoms with Crippen LogP contribution in [0.25, 0.3) is 10.9 Å². The lowest BCUT2D eigenvalue weighted by atomic mass is 9.90. The summed E-state index contributed by atoms with van der Waals surface area (Å²) in [5.41, 5.74) is 1.96. The van der Waals surface area contributed by atoms with Gasteiger partial charge in [0.1, 0.15) is 11.6 Å². The number of pyridine rings is 1. The van der Waals surface area contributed by atoms with Crippen molar-refractivity contribution in [2.45, 2.75) is 19.3 Å². The van der Waals surface area contributed by atoms with Crippen LogP contribution in [0.15, 0.2) is 54.6 Å². The summed E-state index contributed by atoms with van der Waals surface area (Å²) < 4.78 is 13.0. The summed E-state index contributed by atoms with van der Waals surface area (Å²) in [4.78, 5) is 6.95. The summed E-state index contributed by atoms with van der Waals surface area (Å²) in [6.45, 7) is 1.92. The summed E-state index contributed by atoms with van der Waals surface area (Å²) in [5.74, 6) is 1.41. The number of hydrogen-bond acceptors (Lipinski definition) is 2. The molecular formula is C21H20FN2O. The SMILES string of the molecule is [O]c1cccc2nc(N3CCC(Cc4ccc(F)cc4)CC3)ccc12. The van der Waals surface area contributed by atoms with E-state index in [4.69, 9.17) is 0 Å². The van der Waals surface area contributed by atoms with Gasteiger partial charge >= 0.3 is 0 Å². The van der Waals surface area contributed by atoms with E-state index in [9.17, 15) is 9.50 Å². The molecule has 2 aromatic carbocycles. The van der Waals surface area contributed by atoms with Gasteiger partial charge in [0.15, 0.2) is 5.75 Å². The smallest absolute Gasteiger partial charge is 0.188 e. The van der Waals surface area contributed by atoms with E-state index in [0.29, 0.717) is 11.3 Å². The topological polar surface area (TPSA) is 36.0 Å². The number of anilines is 1. The first-order valence-electron chi connectivity index (χ1n) is 8.75. The molecule has 4 heteroatoms. The molecule has 3 nitrogen and oxygen atoms in total. The van der Waals surface area contributed by atoms with Gasteiger partial charge in [-0.25, -0.2) is 9.37 Å². The lowest BCUT2D eigenvalue weighted by molar-refractivity contribution is 0.360. The van der Waals surface area contributed by atoms with Gasteiger partial charge in [0, 0.05) is 18.5 Å². The molecule has 1 saturated heterocycles. The van der Waals surface area contributed by atoms with E-state index in [2.05, 4.69) is 9.88 Å². The molecule has 2 heterocycles. The lowest BCUT2D eigenvalue weighted by Gasteiger charge is -2.33. The predicted molar refractivity (Wildman–Crippen MR) is 96.9 cm³/mol. The molecule has 0 unspecified atom stereocenters. The van der Waals surface area contributed by atoms with Crippen molar-refractivity contribution in [3.8, 4) is 5.75 Å². The van der Waals surface area contributed by atoms with Crippen LogP contribution < -0.4 is 4.90 Å². The van der Waals surface area contributed by atoms with Gasteiger partial charge in [0.25, 0.3) is 0 Å². The second-order valence-electron chi connectivity index (χ2n) is 6.75. The molecule has 0 aliphatic carbocycles. The molecule has 0 spiro atoms. The maximum Gasteiger partial charge on any atom is 0.188 e. The molecule has 3 aromatic rings. The number of rotatable bonds is 3. The number of benzene rings is 2. The van der Waals surface area contributed by atoms with E-state index < -0.39 is 0 Å². The van der Waals surface area contributed by atoms with Crippen LogP contribution in [-0.2, 0) is 11.5 Å². The molecule has 0 saturated carbocycles. The van der Waals surface area contributed by atoms with E-state index >= 15 is 0 Å². The van der Waals surface area contributed by atoms with Crippen molar-refractivity contribution in [1.82, 2.24) is 4.98 Å². The number of piperidine rings is 1. The van der Waals surface area contributed by atoms with Crippen molar-refractivity contribution < 1.29 is 9.50 Å². The fraction of sp³-hybridized carbons (Fsp3) is 0.286. The Morgan fingerprint density at radius 2 is 1.76 bits per heavy atom. The van der Waals surface area contributed by atoms with Gasteiger partial charge in [-0.05, 0) is 67.1 Å². The summed E-state index contributed by atoms with van der Waals surface area (Å²) in [6, 6.07) is 15.9.